The molecular formula is C17H18N4O4. The highest BCUT2D eigenvalue weighted by Crippen LogP contribution is 2.25. The molecule has 8 heteroatoms. The Kier molecular flexibility index (Phi) is 5.67. The maximum atomic E-state index is 12.2. The minimum atomic E-state index is -0.582. The number of aromatic hydroxyl groups is 1. The van der Waals surface area contributed by atoms with Crippen LogP contribution in [-0.2, 0) is 0 Å². The number of phenols is 1. The lowest BCUT2D eigenvalue weighted by Crippen LogP contribution is -2.19. The van der Waals surface area contributed by atoms with Gasteiger partial charge in [-0.2, -0.15) is 5.10 Å². The number of nitro benzene ring substituents is 1. The number of anilines is 1. The van der Waals surface area contributed by atoms with Gasteiger partial charge in [-0.15, -0.1) is 0 Å². The first-order chi connectivity index (χ1) is 11.9. The van der Waals surface area contributed by atoms with Crippen molar-refractivity contribution in [3.8, 4) is 5.75 Å². The summed E-state index contributed by atoms with van der Waals surface area (Å²) < 4.78 is 0. The van der Waals surface area contributed by atoms with Gasteiger partial charge in [0.15, 0.2) is 0 Å². The van der Waals surface area contributed by atoms with Crippen LogP contribution in [0.15, 0.2) is 47.6 Å². The Morgan fingerprint density at radius 2 is 2.00 bits per heavy atom. The number of phenolic OH excluding ortho intramolecular Hbond substituents is 1. The fraction of sp³-hybridized carbons (Fsp3) is 0.176. The molecule has 0 aliphatic carbocycles. The quantitative estimate of drug-likeness (QED) is 0.424. The second-order valence-corrected chi connectivity index (χ2v) is 5.17. The molecule has 0 bridgehead atoms. The Bertz CT molecular complexity index is 833. The Balaban J connectivity index is 2.21. The van der Waals surface area contributed by atoms with Gasteiger partial charge in [-0.1, -0.05) is 12.1 Å². The maximum Gasteiger partial charge on any atom is 0.293 e. The molecule has 0 spiro atoms. The first kappa shape index (κ1) is 17.9. The second-order valence-electron chi connectivity index (χ2n) is 5.17. The fourth-order valence-corrected chi connectivity index (χ4v) is 2.20. The van der Waals surface area contributed by atoms with E-state index in [1.54, 1.807) is 25.1 Å². The Morgan fingerprint density at radius 1 is 1.28 bits per heavy atom. The van der Waals surface area contributed by atoms with Gasteiger partial charge >= 0.3 is 0 Å². The molecule has 2 aromatic carbocycles. The van der Waals surface area contributed by atoms with Crippen LogP contribution >= 0.6 is 0 Å². The molecule has 0 saturated heterocycles. The molecule has 0 heterocycles. The fourth-order valence-electron chi connectivity index (χ4n) is 2.20. The van der Waals surface area contributed by atoms with E-state index in [2.05, 4.69) is 15.8 Å². The molecule has 0 aromatic heterocycles. The van der Waals surface area contributed by atoms with E-state index in [0.29, 0.717) is 23.5 Å². The molecule has 1 amide bonds. The average molecular weight is 342 g/mol. The largest absolute Gasteiger partial charge is 0.507 e. The molecule has 130 valence electrons. The monoisotopic (exact) mass is 342 g/mol. The summed E-state index contributed by atoms with van der Waals surface area (Å²) in [5, 5.41) is 27.7. The normalized spacial score (nSPS) is 11.0. The highest BCUT2D eigenvalue weighted by Gasteiger charge is 2.17. The van der Waals surface area contributed by atoms with Crippen LogP contribution in [0.1, 0.15) is 29.8 Å². The van der Waals surface area contributed by atoms with Gasteiger partial charge in [0.05, 0.1) is 10.6 Å². The van der Waals surface area contributed by atoms with E-state index >= 15 is 0 Å². The van der Waals surface area contributed by atoms with Gasteiger partial charge in [0.25, 0.3) is 11.6 Å². The summed E-state index contributed by atoms with van der Waals surface area (Å²) in [5.74, 6) is -0.537. The lowest BCUT2D eigenvalue weighted by molar-refractivity contribution is -0.384. The average Bonchev–Trinajstić information content (AvgIpc) is 2.60. The SMILES string of the molecule is CCNc1ccc(C(=O)N/N=C(/C)c2ccccc2O)cc1[N+](=O)[O-]. The molecule has 2 rings (SSSR count). The van der Waals surface area contributed by atoms with Crippen LogP contribution in [-0.4, -0.2) is 28.2 Å². The number of amides is 1. The zero-order valence-electron chi connectivity index (χ0n) is 13.8. The molecule has 8 nitrogen and oxygen atoms in total. The van der Waals surface area contributed by atoms with E-state index in [1.165, 1.54) is 24.3 Å². The third kappa shape index (κ3) is 4.31. The van der Waals surface area contributed by atoms with Gasteiger partial charge in [0.1, 0.15) is 11.4 Å². The number of nitro groups is 1. The Labute approximate surface area is 144 Å². The lowest BCUT2D eigenvalue weighted by Gasteiger charge is -2.07. The van der Waals surface area contributed by atoms with E-state index < -0.39 is 10.8 Å². The molecule has 2 aromatic rings. The van der Waals surface area contributed by atoms with Gasteiger partial charge in [-0.3, -0.25) is 14.9 Å². The Morgan fingerprint density at radius 3 is 2.64 bits per heavy atom. The van der Waals surface area contributed by atoms with Gasteiger partial charge in [-0.05, 0) is 38.1 Å². The topological polar surface area (TPSA) is 117 Å². The number of hydrogen-bond acceptors (Lipinski definition) is 6. The molecule has 0 radical (unpaired) electrons. The summed E-state index contributed by atoms with van der Waals surface area (Å²) in [6.45, 7) is 3.98. The van der Waals surface area contributed by atoms with Crippen LogP contribution in [0.2, 0.25) is 0 Å². The molecule has 0 atom stereocenters. The third-order valence-electron chi connectivity index (χ3n) is 3.44. The number of nitrogens with zero attached hydrogens (tertiary/aromatic N) is 2. The number of carbonyl (C=O) groups excluding carboxylic acids is 1. The van der Waals surface area contributed by atoms with Gasteiger partial charge < -0.3 is 10.4 Å². The van der Waals surface area contributed by atoms with Crippen molar-refractivity contribution in [3.05, 3.63) is 63.7 Å². The number of hydrogen-bond donors (Lipinski definition) is 3. The zero-order valence-corrected chi connectivity index (χ0v) is 13.8. The van der Waals surface area contributed by atoms with E-state index in [1.807, 2.05) is 6.92 Å². The number of nitrogens with one attached hydrogen (secondary N) is 2. The van der Waals surface area contributed by atoms with Crippen molar-refractivity contribution in [1.82, 2.24) is 5.43 Å². The molecular weight excluding hydrogens is 324 g/mol. The molecule has 3 N–H and O–H groups in total. The van der Waals surface area contributed by atoms with Crippen LogP contribution in [0.3, 0.4) is 0 Å². The van der Waals surface area contributed by atoms with Crippen molar-refractivity contribution >= 4 is 23.0 Å². The summed E-state index contributed by atoms with van der Waals surface area (Å²) in [6, 6.07) is 10.7. The van der Waals surface area contributed by atoms with Crippen molar-refractivity contribution in [1.29, 1.82) is 0 Å². The van der Waals surface area contributed by atoms with E-state index in [0.717, 1.165) is 0 Å². The zero-order chi connectivity index (χ0) is 18.4. The highest BCUT2D eigenvalue weighted by atomic mass is 16.6. The molecule has 0 saturated carbocycles. The number of hydrazone groups is 1. The van der Waals surface area contributed by atoms with E-state index in [-0.39, 0.29) is 17.0 Å². The van der Waals surface area contributed by atoms with Crippen molar-refractivity contribution in [3.63, 3.8) is 0 Å². The predicted octanol–water partition coefficient (Wildman–Crippen LogP) is 2.89. The number of para-hydroxylation sites is 1. The van der Waals surface area contributed by atoms with Gasteiger partial charge in [-0.25, -0.2) is 5.43 Å². The van der Waals surface area contributed by atoms with Crippen molar-refractivity contribution < 1.29 is 14.8 Å². The lowest BCUT2D eigenvalue weighted by atomic mass is 10.1. The number of carbonyl (C=O) groups is 1. The molecule has 0 aliphatic rings. The van der Waals surface area contributed by atoms with Crippen LogP contribution in [0.25, 0.3) is 0 Å². The van der Waals surface area contributed by atoms with Gasteiger partial charge in [0.2, 0.25) is 0 Å². The maximum absolute atomic E-state index is 12.2. The predicted molar refractivity (Wildman–Crippen MR) is 95.0 cm³/mol. The number of rotatable bonds is 6. The number of benzene rings is 2. The molecule has 0 fully saturated rings. The summed E-state index contributed by atoms with van der Waals surface area (Å²) in [7, 11) is 0. The van der Waals surface area contributed by atoms with Crippen LogP contribution < -0.4 is 10.7 Å². The van der Waals surface area contributed by atoms with E-state index in [9.17, 15) is 20.0 Å². The minimum Gasteiger partial charge on any atom is -0.507 e. The first-order valence-electron chi connectivity index (χ1n) is 7.59. The Hall–Kier alpha value is -3.42. The second kappa shape index (κ2) is 7.91. The van der Waals surface area contributed by atoms with Crippen LogP contribution in [0, 0.1) is 10.1 Å². The van der Waals surface area contributed by atoms with Crippen LogP contribution in [0.4, 0.5) is 11.4 Å². The third-order valence-corrected chi connectivity index (χ3v) is 3.44. The molecule has 0 aliphatic heterocycles. The standard InChI is InChI=1S/C17H18N4O4/c1-3-18-14-9-8-12(10-15(14)21(24)25)17(23)20-19-11(2)13-6-4-5-7-16(13)22/h4-10,18,22H,3H2,1-2H3,(H,20,23)/b19-11-. The van der Waals surface area contributed by atoms with Gasteiger partial charge in [0, 0.05) is 23.7 Å². The van der Waals surface area contributed by atoms with Crippen molar-refractivity contribution in [2.45, 2.75) is 13.8 Å². The van der Waals surface area contributed by atoms with Crippen LogP contribution in [0.5, 0.6) is 5.75 Å². The summed E-state index contributed by atoms with van der Waals surface area (Å²) in [6.07, 6.45) is 0. The molecule has 25 heavy (non-hydrogen) atoms. The summed E-state index contributed by atoms with van der Waals surface area (Å²) in [4.78, 5) is 22.8. The van der Waals surface area contributed by atoms with E-state index in [4.69, 9.17) is 0 Å². The van der Waals surface area contributed by atoms with Crippen molar-refractivity contribution in [2.75, 3.05) is 11.9 Å². The minimum absolute atomic E-state index is 0.0450. The van der Waals surface area contributed by atoms with Crippen molar-refractivity contribution in [2.24, 2.45) is 5.10 Å². The smallest absolute Gasteiger partial charge is 0.293 e. The first-order valence-corrected chi connectivity index (χ1v) is 7.59. The highest BCUT2D eigenvalue weighted by molar-refractivity contribution is 6.02. The summed E-state index contributed by atoms with van der Waals surface area (Å²) in [5.41, 5.74) is 3.50. The molecule has 0 unspecified atom stereocenters. The summed E-state index contributed by atoms with van der Waals surface area (Å²) >= 11 is 0.